The van der Waals surface area contributed by atoms with Crippen LogP contribution in [0, 0.1) is 11.7 Å². The number of anilines is 1. The number of nitrogens with zero attached hydrogens (tertiary/aromatic N) is 3. The number of halogens is 1. The van der Waals surface area contributed by atoms with Gasteiger partial charge in [-0.05, 0) is 63.6 Å². The summed E-state index contributed by atoms with van der Waals surface area (Å²) >= 11 is 0. The highest BCUT2D eigenvalue weighted by Gasteiger charge is 2.41. The molecule has 1 atom stereocenters. The third-order valence-corrected chi connectivity index (χ3v) is 6.76. The van der Waals surface area contributed by atoms with Crippen molar-refractivity contribution in [2.24, 2.45) is 5.92 Å². The van der Waals surface area contributed by atoms with Gasteiger partial charge in [-0.25, -0.2) is 4.39 Å². The van der Waals surface area contributed by atoms with Crippen LogP contribution >= 0.6 is 0 Å². The molecule has 164 valence electrons. The quantitative estimate of drug-likeness (QED) is 0.506. The fourth-order valence-electron chi connectivity index (χ4n) is 4.68. The first kappa shape index (κ1) is 19.5. The summed E-state index contributed by atoms with van der Waals surface area (Å²) < 4.78 is 24.1. The van der Waals surface area contributed by atoms with E-state index in [0.29, 0.717) is 35.2 Å². The molecule has 32 heavy (non-hydrogen) atoms. The summed E-state index contributed by atoms with van der Waals surface area (Å²) in [4.78, 5) is 14.8. The molecule has 2 fully saturated rings. The molecule has 2 aromatic carbocycles. The molecule has 3 aromatic rings. The maximum Gasteiger partial charge on any atom is 0.230 e. The van der Waals surface area contributed by atoms with Gasteiger partial charge >= 0.3 is 0 Å². The number of rotatable bonds is 5. The first-order valence-electron chi connectivity index (χ1n) is 11.6. The van der Waals surface area contributed by atoms with Crippen molar-refractivity contribution < 1.29 is 13.9 Å². The summed E-state index contributed by atoms with van der Waals surface area (Å²) in [5, 5.41) is 4.51. The second-order valence-corrected chi connectivity index (χ2v) is 9.29. The van der Waals surface area contributed by atoms with Crippen LogP contribution in [-0.4, -0.2) is 21.7 Å². The molecule has 6 rings (SSSR count). The number of carbonyl (C=O) groups excluding carboxylic acids is 1. The monoisotopic (exact) mass is 431 g/mol. The second kappa shape index (κ2) is 7.47. The minimum absolute atomic E-state index is 0.0257. The maximum absolute atomic E-state index is 15.7. The van der Waals surface area contributed by atoms with Gasteiger partial charge < -0.3 is 9.64 Å². The van der Waals surface area contributed by atoms with Crippen LogP contribution in [0.4, 0.5) is 10.1 Å². The van der Waals surface area contributed by atoms with Crippen LogP contribution < -0.4 is 9.64 Å². The normalized spacial score (nSPS) is 20.2. The number of hydrogen-bond acceptors (Lipinski definition) is 3. The number of para-hydroxylation sites is 1. The number of hydrogen-bond donors (Lipinski definition) is 0. The van der Waals surface area contributed by atoms with E-state index >= 15 is 4.39 Å². The van der Waals surface area contributed by atoms with E-state index in [9.17, 15) is 4.79 Å². The molecule has 1 aromatic heterocycles. The zero-order chi connectivity index (χ0) is 21.8. The third-order valence-electron chi connectivity index (χ3n) is 6.76. The Morgan fingerprint density at radius 2 is 1.91 bits per heavy atom. The van der Waals surface area contributed by atoms with Crippen molar-refractivity contribution >= 4 is 11.6 Å². The zero-order valence-corrected chi connectivity index (χ0v) is 18.1. The van der Waals surface area contributed by atoms with Crippen LogP contribution in [0.15, 0.2) is 48.8 Å². The van der Waals surface area contributed by atoms with Gasteiger partial charge in [0.05, 0.1) is 17.9 Å². The molecule has 0 bridgehead atoms. The van der Waals surface area contributed by atoms with Crippen LogP contribution in [0.5, 0.6) is 11.5 Å². The highest BCUT2D eigenvalue weighted by Crippen LogP contribution is 2.48. The van der Waals surface area contributed by atoms with Crippen LogP contribution in [-0.2, 0) is 11.2 Å². The van der Waals surface area contributed by atoms with E-state index in [0.717, 1.165) is 43.2 Å². The summed E-state index contributed by atoms with van der Waals surface area (Å²) in [6, 6.07) is 11.5. The molecule has 2 heterocycles. The molecule has 2 saturated carbocycles. The Labute approximate surface area is 186 Å². The van der Waals surface area contributed by atoms with E-state index in [2.05, 4.69) is 5.10 Å². The summed E-state index contributed by atoms with van der Waals surface area (Å²) in [5.41, 5.74) is 2.69. The van der Waals surface area contributed by atoms with E-state index in [4.69, 9.17) is 4.74 Å². The average Bonchev–Trinajstić information content (AvgIpc) is 3.74. The van der Waals surface area contributed by atoms with Crippen molar-refractivity contribution in [3.8, 4) is 22.6 Å². The molecule has 3 aliphatic rings. The van der Waals surface area contributed by atoms with Gasteiger partial charge in [-0.3, -0.25) is 9.48 Å². The van der Waals surface area contributed by atoms with Gasteiger partial charge in [0.25, 0.3) is 0 Å². The highest BCUT2D eigenvalue weighted by molar-refractivity contribution is 5.99. The largest absolute Gasteiger partial charge is 0.456 e. The van der Waals surface area contributed by atoms with Crippen molar-refractivity contribution in [1.29, 1.82) is 0 Å². The molecule has 0 radical (unpaired) electrons. The lowest BCUT2D eigenvalue weighted by Gasteiger charge is -2.37. The van der Waals surface area contributed by atoms with E-state index in [1.165, 1.54) is 6.07 Å². The predicted octanol–water partition coefficient (Wildman–Crippen LogP) is 5.89. The minimum atomic E-state index is -0.366. The van der Waals surface area contributed by atoms with Gasteiger partial charge in [-0.2, -0.15) is 5.10 Å². The topological polar surface area (TPSA) is 47.4 Å². The number of carbonyl (C=O) groups is 1. The summed E-state index contributed by atoms with van der Waals surface area (Å²) in [5.74, 6) is 1.02. The first-order valence-corrected chi connectivity index (χ1v) is 11.6. The fraction of sp³-hybridized carbons (Fsp3) is 0.385. The lowest BCUT2D eigenvalue weighted by Crippen LogP contribution is -2.43. The molecule has 0 unspecified atom stereocenters. The van der Waals surface area contributed by atoms with Crippen LogP contribution in [0.25, 0.3) is 11.1 Å². The van der Waals surface area contributed by atoms with E-state index < -0.39 is 0 Å². The third kappa shape index (κ3) is 3.38. The maximum atomic E-state index is 15.7. The SMILES string of the molecule is C[C@H]1CCc2c(Oc3ccccc3)c(-c3cnn(C4CC4)c3)cc(F)c2N1C(=O)C1CC1. The summed E-state index contributed by atoms with van der Waals surface area (Å²) in [7, 11) is 0. The molecule has 1 amide bonds. The number of ether oxygens (including phenoxy) is 1. The molecule has 0 N–H and O–H groups in total. The summed E-state index contributed by atoms with van der Waals surface area (Å²) in [6.45, 7) is 2.01. The molecular formula is C26H26FN3O2. The number of amides is 1. The van der Waals surface area contributed by atoms with Crippen molar-refractivity contribution in [3.05, 3.63) is 60.2 Å². The highest BCUT2D eigenvalue weighted by atomic mass is 19.1. The lowest BCUT2D eigenvalue weighted by atomic mass is 9.91. The molecule has 1 aliphatic heterocycles. The van der Waals surface area contributed by atoms with Crippen molar-refractivity contribution in [1.82, 2.24) is 9.78 Å². The average molecular weight is 432 g/mol. The Kier molecular flexibility index (Phi) is 4.56. The Morgan fingerprint density at radius 3 is 2.62 bits per heavy atom. The van der Waals surface area contributed by atoms with Crippen LogP contribution in [0.2, 0.25) is 0 Å². The Balaban J connectivity index is 1.51. The second-order valence-electron chi connectivity index (χ2n) is 9.29. The standard InChI is InChI=1S/C26H26FN3O2/c1-16-7-12-21-24(30(16)26(31)17-8-9-17)23(27)13-22(18-14-28-29(15-18)19-10-11-19)25(21)32-20-5-3-2-4-6-20/h2-6,13-17,19H,7-12H2,1H3/t16-/m0/s1. The van der Waals surface area contributed by atoms with Crippen molar-refractivity contribution in [2.45, 2.75) is 57.5 Å². The van der Waals surface area contributed by atoms with Crippen LogP contribution in [0.3, 0.4) is 0 Å². The molecular weight excluding hydrogens is 405 g/mol. The lowest BCUT2D eigenvalue weighted by molar-refractivity contribution is -0.120. The van der Waals surface area contributed by atoms with Gasteiger partial charge in [-0.15, -0.1) is 0 Å². The number of benzene rings is 2. The van der Waals surface area contributed by atoms with Gasteiger partial charge in [0.15, 0.2) is 0 Å². The van der Waals surface area contributed by atoms with Gasteiger partial charge in [0.2, 0.25) is 5.91 Å². The van der Waals surface area contributed by atoms with E-state index in [1.54, 1.807) is 11.1 Å². The van der Waals surface area contributed by atoms with Gasteiger partial charge in [0, 0.05) is 34.8 Å². The van der Waals surface area contributed by atoms with E-state index in [1.807, 2.05) is 48.1 Å². The van der Waals surface area contributed by atoms with Gasteiger partial charge in [-0.1, -0.05) is 18.2 Å². The molecule has 6 heteroatoms. The zero-order valence-electron chi connectivity index (χ0n) is 18.1. The minimum Gasteiger partial charge on any atom is -0.456 e. The predicted molar refractivity (Wildman–Crippen MR) is 120 cm³/mol. The number of fused-ring (bicyclic) bond motifs is 1. The Bertz CT molecular complexity index is 1180. The smallest absolute Gasteiger partial charge is 0.230 e. The summed E-state index contributed by atoms with van der Waals surface area (Å²) in [6.07, 6.45) is 9.25. The molecule has 0 saturated heterocycles. The Hall–Kier alpha value is -3.15. The first-order chi connectivity index (χ1) is 15.6. The Morgan fingerprint density at radius 1 is 1.12 bits per heavy atom. The molecule has 5 nitrogen and oxygen atoms in total. The van der Waals surface area contributed by atoms with E-state index in [-0.39, 0.29) is 23.7 Å². The number of aromatic nitrogens is 2. The van der Waals surface area contributed by atoms with Gasteiger partial charge in [0.1, 0.15) is 17.3 Å². The molecule has 2 aliphatic carbocycles. The molecule has 0 spiro atoms. The van der Waals surface area contributed by atoms with Crippen molar-refractivity contribution in [2.75, 3.05) is 4.90 Å². The fourth-order valence-corrected chi connectivity index (χ4v) is 4.68. The van der Waals surface area contributed by atoms with Crippen molar-refractivity contribution in [3.63, 3.8) is 0 Å². The van der Waals surface area contributed by atoms with Crippen LogP contribution in [0.1, 0.15) is 50.6 Å².